The molecule has 0 saturated heterocycles. The number of aromatic nitrogens is 3. The van der Waals surface area contributed by atoms with Gasteiger partial charge in [-0.25, -0.2) is 0 Å². The third-order valence-corrected chi connectivity index (χ3v) is 2.68. The van der Waals surface area contributed by atoms with Gasteiger partial charge < -0.3 is 18.8 Å². The molecule has 0 unspecified atom stereocenters. The molecule has 3 aromatic rings. The van der Waals surface area contributed by atoms with Crippen molar-refractivity contribution >= 4 is 12.0 Å². The fourth-order valence-corrected chi connectivity index (χ4v) is 1.67. The summed E-state index contributed by atoms with van der Waals surface area (Å²) in [7, 11) is 0. The number of nitrogens with zero attached hydrogens (tertiary/aromatic N) is 3. The summed E-state index contributed by atoms with van der Waals surface area (Å²) < 4.78 is 15.0. The first-order chi connectivity index (χ1) is 10.7. The van der Waals surface area contributed by atoms with Gasteiger partial charge in [-0.3, -0.25) is 4.79 Å². The van der Waals surface area contributed by atoms with E-state index in [1.807, 2.05) is 0 Å². The van der Waals surface area contributed by atoms with Crippen molar-refractivity contribution in [1.29, 1.82) is 0 Å². The molecule has 0 radical (unpaired) electrons. The van der Waals surface area contributed by atoms with E-state index < -0.39 is 0 Å². The van der Waals surface area contributed by atoms with E-state index in [9.17, 15) is 4.79 Å². The van der Waals surface area contributed by atoms with Crippen molar-refractivity contribution in [3.05, 3.63) is 47.9 Å². The number of aryl methyl sites for hydroxylation is 1. The van der Waals surface area contributed by atoms with Gasteiger partial charge in [0.25, 0.3) is 0 Å². The second-order valence-electron chi connectivity index (χ2n) is 4.40. The molecule has 0 aromatic carbocycles. The molecule has 3 aromatic heterocycles. The second kappa shape index (κ2) is 6.08. The number of rotatable bonds is 5. The van der Waals surface area contributed by atoms with Crippen LogP contribution in [0.3, 0.4) is 0 Å². The maximum atomic E-state index is 11.6. The Balaban J connectivity index is 1.55. The minimum Gasteiger partial charge on any atom is -0.465 e. The van der Waals surface area contributed by atoms with Gasteiger partial charge >= 0.3 is 0 Å². The third kappa shape index (κ3) is 3.29. The molecule has 0 aliphatic heterocycles. The first kappa shape index (κ1) is 13.8. The lowest BCUT2D eigenvalue weighted by molar-refractivity contribution is -0.116. The number of hydrogen-bond donors (Lipinski definition) is 1. The van der Waals surface area contributed by atoms with E-state index >= 15 is 0 Å². The van der Waals surface area contributed by atoms with Gasteiger partial charge in [-0.1, -0.05) is 10.3 Å². The summed E-state index contributed by atoms with van der Waals surface area (Å²) in [6.07, 6.45) is 4.45. The lowest BCUT2D eigenvalue weighted by Gasteiger charge is -1.95. The monoisotopic (exact) mass is 300 g/mol. The van der Waals surface area contributed by atoms with Crippen molar-refractivity contribution in [3.63, 3.8) is 0 Å². The summed E-state index contributed by atoms with van der Waals surface area (Å²) in [6, 6.07) is 5.18. The number of carbonyl (C=O) groups is 1. The van der Waals surface area contributed by atoms with Crippen LogP contribution in [0.5, 0.6) is 0 Å². The van der Waals surface area contributed by atoms with Gasteiger partial charge in [-0.15, -0.1) is 0 Å². The second-order valence-corrected chi connectivity index (χ2v) is 4.40. The standard InChI is InChI=1S/C14H12N4O4/c1-9-7-11(17-21-9)14-16-13(22-18-14)8-15-12(19)5-4-10-3-2-6-20-10/h2-7H,8H2,1H3,(H,15,19). The van der Waals surface area contributed by atoms with Crippen molar-refractivity contribution in [1.82, 2.24) is 20.6 Å². The zero-order valence-electron chi connectivity index (χ0n) is 11.6. The van der Waals surface area contributed by atoms with E-state index in [0.717, 1.165) is 0 Å². The molecule has 112 valence electrons. The average Bonchev–Trinajstić information content (AvgIpc) is 3.24. The maximum Gasteiger partial charge on any atom is 0.246 e. The van der Waals surface area contributed by atoms with Crippen LogP contribution in [0.25, 0.3) is 17.6 Å². The molecule has 0 saturated carbocycles. The Morgan fingerprint density at radius 1 is 1.36 bits per heavy atom. The number of nitrogens with one attached hydrogen (secondary N) is 1. The number of carbonyl (C=O) groups excluding carboxylic acids is 1. The molecule has 3 heterocycles. The van der Waals surface area contributed by atoms with E-state index in [0.29, 0.717) is 23.0 Å². The van der Waals surface area contributed by atoms with Crippen molar-refractivity contribution in [2.75, 3.05) is 0 Å². The van der Waals surface area contributed by atoms with Crippen molar-refractivity contribution in [2.24, 2.45) is 0 Å². The molecule has 1 amide bonds. The third-order valence-electron chi connectivity index (χ3n) is 2.68. The van der Waals surface area contributed by atoms with Crippen LogP contribution < -0.4 is 5.32 Å². The van der Waals surface area contributed by atoms with E-state index in [4.69, 9.17) is 13.5 Å². The first-order valence-corrected chi connectivity index (χ1v) is 6.46. The van der Waals surface area contributed by atoms with Gasteiger partial charge in [0.15, 0.2) is 5.69 Å². The predicted octanol–water partition coefficient (Wildman–Crippen LogP) is 1.96. The summed E-state index contributed by atoms with van der Waals surface area (Å²) in [6.45, 7) is 1.88. The smallest absolute Gasteiger partial charge is 0.246 e. The van der Waals surface area contributed by atoms with Gasteiger partial charge in [0.2, 0.25) is 17.6 Å². The largest absolute Gasteiger partial charge is 0.465 e. The zero-order chi connectivity index (χ0) is 15.4. The van der Waals surface area contributed by atoms with Crippen molar-refractivity contribution in [2.45, 2.75) is 13.5 Å². The Morgan fingerprint density at radius 2 is 2.27 bits per heavy atom. The van der Waals surface area contributed by atoms with Gasteiger partial charge in [0, 0.05) is 12.1 Å². The quantitative estimate of drug-likeness (QED) is 0.717. The molecule has 0 fully saturated rings. The zero-order valence-corrected chi connectivity index (χ0v) is 11.6. The van der Waals surface area contributed by atoms with Gasteiger partial charge in [-0.2, -0.15) is 4.98 Å². The molecular formula is C14H12N4O4. The Morgan fingerprint density at radius 3 is 3.00 bits per heavy atom. The van der Waals surface area contributed by atoms with E-state index in [2.05, 4.69) is 20.6 Å². The maximum absolute atomic E-state index is 11.6. The fourth-order valence-electron chi connectivity index (χ4n) is 1.67. The SMILES string of the molecule is Cc1cc(-c2noc(CNC(=O)C=Cc3ccco3)n2)no1. The van der Waals surface area contributed by atoms with E-state index in [1.165, 1.54) is 12.3 Å². The first-order valence-electron chi connectivity index (χ1n) is 6.46. The molecule has 0 aliphatic rings. The number of furan rings is 1. The van der Waals surface area contributed by atoms with Crippen molar-refractivity contribution in [3.8, 4) is 11.5 Å². The van der Waals surface area contributed by atoms with Crippen LogP contribution in [-0.2, 0) is 11.3 Å². The summed E-state index contributed by atoms with van der Waals surface area (Å²) >= 11 is 0. The summed E-state index contributed by atoms with van der Waals surface area (Å²) in [5.41, 5.74) is 0.483. The molecule has 0 atom stereocenters. The van der Waals surface area contributed by atoms with Crippen LogP contribution in [0, 0.1) is 6.92 Å². The Bertz CT molecular complexity index is 785. The number of amides is 1. The topological polar surface area (TPSA) is 107 Å². The molecule has 22 heavy (non-hydrogen) atoms. The number of hydrogen-bond acceptors (Lipinski definition) is 7. The van der Waals surface area contributed by atoms with Gasteiger partial charge in [-0.05, 0) is 25.1 Å². The van der Waals surface area contributed by atoms with E-state index in [1.54, 1.807) is 31.2 Å². The highest BCUT2D eigenvalue weighted by Gasteiger charge is 2.12. The van der Waals surface area contributed by atoms with E-state index in [-0.39, 0.29) is 18.3 Å². The molecule has 3 rings (SSSR count). The molecule has 1 N–H and O–H groups in total. The molecule has 8 nitrogen and oxygen atoms in total. The Kier molecular flexibility index (Phi) is 3.82. The molecule has 0 spiro atoms. The molecule has 0 aliphatic carbocycles. The highest BCUT2D eigenvalue weighted by Crippen LogP contribution is 2.14. The summed E-state index contributed by atoms with van der Waals surface area (Å²) in [5, 5.41) is 10.2. The van der Waals surface area contributed by atoms with Crippen molar-refractivity contribution < 1.29 is 18.3 Å². The van der Waals surface area contributed by atoms with Crippen LogP contribution in [0.4, 0.5) is 0 Å². The Hall–Kier alpha value is -3.16. The Labute approximate surface area is 124 Å². The van der Waals surface area contributed by atoms with Crippen LogP contribution in [-0.4, -0.2) is 21.2 Å². The average molecular weight is 300 g/mol. The minimum absolute atomic E-state index is 0.116. The predicted molar refractivity (Wildman–Crippen MR) is 74.1 cm³/mol. The molecule has 8 heteroatoms. The summed E-state index contributed by atoms with van der Waals surface area (Å²) in [4.78, 5) is 15.8. The lowest BCUT2D eigenvalue weighted by atomic mass is 10.3. The highest BCUT2D eigenvalue weighted by atomic mass is 16.5. The van der Waals surface area contributed by atoms with Gasteiger partial charge in [0.05, 0.1) is 12.8 Å². The lowest BCUT2D eigenvalue weighted by Crippen LogP contribution is -2.20. The normalized spacial score (nSPS) is 11.1. The van der Waals surface area contributed by atoms with Crippen LogP contribution in [0.15, 0.2) is 44.0 Å². The fraction of sp³-hybridized carbons (Fsp3) is 0.143. The van der Waals surface area contributed by atoms with Crippen LogP contribution in [0.2, 0.25) is 0 Å². The molecular weight excluding hydrogens is 288 g/mol. The highest BCUT2D eigenvalue weighted by molar-refractivity contribution is 5.91. The van der Waals surface area contributed by atoms with Crippen LogP contribution >= 0.6 is 0 Å². The minimum atomic E-state index is -0.298. The summed E-state index contributed by atoms with van der Waals surface area (Å²) in [5.74, 6) is 1.53. The van der Waals surface area contributed by atoms with Gasteiger partial charge in [0.1, 0.15) is 11.5 Å². The van der Waals surface area contributed by atoms with Crippen LogP contribution in [0.1, 0.15) is 17.4 Å². The molecule has 0 bridgehead atoms.